The molecule has 1 saturated heterocycles. The van der Waals surface area contributed by atoms with Gasteiger partial charge in [-0.2, -0.15) is 0 Å². The maximum atomic E-state index is 12.2. The van der Waals surface area contributed by atoms with Gasteiger partial charge in [0.2, 0.25) is 0 Å². The molecular formula is C13H20N2O5S. The molecule has 1 aromatic rings. The van der Waals surface area contributed by atoms with Crippen LogP contribution in [0, 0.1) is 4.77 Å². The first-order chi connectivity index (χ1) is 10.0. The third-order valence-electron chi connectivity index (χ3n) is 3.63. The maximum absolute atomic E-state index is 12.2. The molecule has 0 saturated carbocycles. The Hall–Kier alpha value is -1.06. The molecule has 8 heteroatoms. The second kappa shape index (κ2) is 6.80. The van der Waals surface area contributed by atoms with Crippen molar-refractivity contribution >= 4 is 12.2 Å². The summed E-state index contributed by atoms with van der Waals surface area (Å²) in [5.74, 6) is 0. The summed E-state index contributed by atoms with van der Waals surface area (Å²) in [6.45, 7) is 0.359. The Balaban J connectivity index is 2.41. The molecule has 1 N–H and O–H groups in total. The van der Waals surface area contributed by atoms with Gasteiger partial charge in [0.25, 0.3) is 5.56 Å². The molecule has 2 unspecified atom stereocenters. The molecule has 4 atom stereocenters. The Bertz CT molecular complexity index is 599. The highest BCUT2D eigenvalue weighted by Crippen LogP contribution is 2.35. The first-order valence-electron chi connectivity index (χ1n) is 6.53. The maximum Gasteiger partial charge on any atom is 0.257 e. The predicted octanol–water partition coefficient (Wildman–Crippen LogP) is 0.559. The molecule has 1 fully saturated rings. The van der Waals surface area contributed by atoms with Gasteiger partial charge in [-0.05, 0) is 12.2 Å². The number of rotatable bonds is 5. The minimum Gasteiger partial charge on any atom is -0.382 e. The average Bonchev–Trinajstić information content (AvgIpc) is 2.80. The minimum absolute atomic E-state index is 0.280. The van der Waals surface area contributed by atoms with E-state index >= 15 is 0 Å². The fraction of sp³-hybridized carbons (Fsp3) is 0.692. The number of nitrogens with one attached hydrogen (secondary N) is 1. The van der Waals surface area contributed by atoms with E-state index in [2.05, 4.69) is 4.98 Å². The fourth-order valence-corrected chi connectivity index (χ4v) is 2.75. The molecule has 1 aromatic heterocycles. The smallest absolute Gasteiger partial charge is 0.257 e. The molecule has 2 rings (SSSR count). The first kappa shape index (κ1) is 16.3. The van der Waals surface area contributed by atoms with Crippen LogP contribution < -0.4 is 5.56 Å². The number of H-pyrrole nitrogens is 1. The van der Waals surface area contributed by atoms with Crippen LogP contribution in [0.2, 0.25) is 0 Å². The van der Waals surface area contributed by atoms with Gasteiger partial charge in [-0.15, -0.1) is 0 Å². The Kier molecular flexibility index (Phi) is 5.28. The van der Waals surface area contributed by atoms with Gasteiger partial charge in [0.05, 0.1) is 12.2 Å². The molecule has 0 amide bonds. The Morgan fingerprint density at radius 3 is 2.57 bits per heavy atom. The van der Waals surface area contributed by atoms with E-state index in [1.165, 1.54) is 0 Å². The number of aryl methyl sites for hydroxylation is 1. The molecule has 118 valence electrons. The number of aromatic amines is 1. The lowest BCUT2D eigenvalue weighted by Gasteiger charge is -2.21. The van der Waals surface area contributed by atoms with Crippen LogP contribution in [0.4, 0.5) is 0 Å². The summed E-state index contributed by atoms with van der Waals surface area (Å²) in [7, 11) is 6.50. The van der Waals surface area contributed by atoms with Crippen molar-refractivity contribution in [2.24, 2.45) is 7.05 Å². The fourth-order valence-electron chi connectivity index (χ4n) is 2.61. The number of hydrogen-bond donors (Lipinski definition) is 1. The van der Waals surface area contributed by atoms with Crippen molar-refractivity contribution in [3.8, 4) is 0 Å². The van der Waals surface area contributed by atoms with Gasteiger partial charge in [-0.1, -0.05) is 0 Å². The summed E-state index contributed by atoms with van der Waals surface area (Å²) < 4.78 is 24.0. The van der Waals surface area contributed by atoms with Crippen LogP contribution in [-0.4, -0.2) is 55.8 Å². The van der Waals surface area contributed by atoms with Crippen molar-refractivity contribution in [2.45, 2.75) is 24.4 Å². The lowest BCUT2D eigenvalue weighted by atomic mass is 10.0. The zero-order valence-corrected chi connectivity index (χ0v) is 13.3. The van der Waals surface area contributed by atoms with Gasteiger partial charge in [-0.3, -0.25) is 9.78 Å². The van der Waals surface area contributed by atoms with Crippen LogP contribution in [0.3, 0.4) is 0 Å². The molecule has 0 spiro atoms. The van der Waals surface area contributed by atoms with Gasteiger partial charge in [0.1, 0.15) is 24.4 Å². The summed E-state index contributed by atoms with van der Waals surface area (Å²) in [4.78, 5) is 14.8. The van der Waals surface area contributed by atoms with Crippen molar-refractivity contribution in [1.82, 2.24) is 9.55 Å². The molecule has 7 nitrogen and oxygen atoms in total. The predicted molar refractivity (Wildman–Crippen MR) is 78.0 cm³/mol. The van der Waals surface area contributed by atoms with Gasteiger partial charge >= 0.3 is 0 Å². The van der Waals surface area contributed by atoms with Crippen LogP contribution in [0.15, 0.2) is 11.0 Å². The number of methoxy groups -OCH3 is 3. The lowest BCUT2D eigenvalue weighted by Crippen LogP contribution is -2.36. The van der Waals surface area contributed by atoms with Crippen molar-refractivity contribution < 1.29 is 18.9 Å². The van der Waals surface area contributed by atoms with E-state index in [9.17, 15) is 4.79 Å². The number of aromatic nitrogens is 2. The highest BCUT2D eigenvalue weighted by atomic mass is 32.1. The molecule has 2 heterocycles. The Morgan fingerprint density at radius 1 is 1.33 bits per heavy atom. The highest BCUT2D eigenvalue weighted by molar-refractivity contribution is 7.71. The summed E-state index contributed by atoms with van der Waals surface area (Å²) >= 11 is 5.03. The SMILES string of the molecule is COC[C@H]1O[C@@H](c2cn(C)c(=S)[nH]c2=O)C(OC)C1OC. The average molecular weight is 316 g/mol. The van der Waals surface area contributed by atoms with E-state index in [1.54, 1.807) is 39.1 Å². The lowest BCUT2D eigenvalue weighted by molar-refractivity contribution is -0.0479. The van der Waals surface area contributed by atoms with E-state index < -0.39 is 12.2 Å². The van der Waals surface area contributed by atoms with Crippen LogP contribution in [0.5, 0.6) is 0 Å². The number of hydrogen-bond acceptors (Lipinski definition) is 6. The molecule has 0 radical (unpaired) electrons. The molecule has 21 heavy (non-hydrogen) atoms. The highest BCUT2D eigenvalue weighted by Gasteiger charge is 2.46. The van der Waals surface area contributed by atoms with E-state index in [0.717, 1.165) is 0 Å². The van der Waals surface area contributed by atoms with Crippen molar-refractivity contribution in [1.29, 1.82) is 0 Å². The first-order valence-corrected chi connectivity index (χ1v) is 6.94. The van der Waals surface area contributed by atoms with Gasteiger partial charge < -0.3 is 23.5 Å². The van der Waals surface area contributed by atoms with Gasteiger partial charge in [0.15, 0.2) is 4.77 Å². The van der Waals surface area contributed by atoms with Crippen LogP contribution in [0.25, 0.3) is 0 Å². The summed E-state index contributed by atoms with van der Waals surface area (Å²) in [6.07, 6.45) is 0.119. The summed E-state index contributed by atoms with van der Waals surface area (Å²) in [5.41, 5.74) is 0.177. The van der Waals surface area contributed by atoms with Crippen LogP contribution in [0.1, 0.15) is 11.7 Å². The topological polar surface area (TPSA) is 74.7 Å². The summed E-state index contributed by atoms with van der Waals surface area (Å²) in [6, 6.07) is 0. The molecule has 0 aromatic carbocycles. The van der Waals surface area contributed by atoms with Crippen molar-refractivity contribution in [2.75, 3.05) is 27.9 Å². The monoisotopic (exact) mass is 316 g/mol. The van der Waals surface area contributed by atoms with E-state index in [0.29, 0.717) is 16.9 Å². The standard InChI is InChI=1S/C13H20N2O5S/c1-15-5-7(12(16)14-13(15)21)9-11(19-4)10(18-3)8(20-9)6-17-2/h5,8-11H,6H2,1-4H3,(H,14,16,21)/t8-,9+,10?,11?/m1/s1. The Morgan fingerprint density at radius 2 is 2.00 bits per heavy atom. The van der Waals surface area contributed by atoms with E-state index in [4.69, 9.17) is 31.2 Å². The third-order valence-corrected chi connectivity index (χ3v) is 4.02. The molecular weight excluding hydrogens is 296 g/mol. The van der Waals surface area contributed by atoms with Crippen molar-refractivity contribution in [3.05, 3.63) is 26.9 Å². The third kappa shape index (κ3) is 3.09. The van der Waals surface area contributed by atoms with Gasteiger partial charge in [-0.25, -0.2) is 0 Å². The second-order valence-corrected chi connectivity index (χ2v) is 5.29. The quantitative estimate of drug-likeness (QED) is 0.800. The largest absolute Gasteiger partial charge is 0.382 e. The minimum atomic E-state index is -0.536. The van der Waals surface area contributed by atoms with E-state index in [1.807, 2.05) is 0 Å². The zero-order chi connectivity index (χ0) is 15.6. The van der Waals surface area contributed by atoms with Crippen molar-refractivity contribution in [3.63, 3.8) is 0 Å². The number of ether oxygens (including phenoxy) is 4. The zero-order valence-electron chi connectivity index (χ0n) is 12.5. The molecule has 0 aliphatic carbocycles. The molecule has 1 aliphatic rings. The summed E-state index contributed by atoms with van der Waals surface area (Å²) in [5, 5.41) is 0. The van der Waals surface area contributed by atoms with Crippen LogP contribution in [-0.2, 0) is 26.0 Å². The van der Waals surface area contributed by atoms with Gasteiger partial charge in [0, 0.05) is 34.6 Å². The Labute approximate surface area is 127 Å². The normalized spacial score (nSPS) is 29.0. The molecule has 0 bridgehead atoms. The second-order valence-electron chi connectivity index (χ2n) is 4.91. The number of nitrogens with zero attached hydrogens (tertiary/aromatic N) is 1. The van der Waals surface area contributed by atoms with Crippen LogP contribution >= 0.6 is 12.2 Å². The molecule has 1 aliphatic heterocycles. The van der Waals surface area contributed by atoms with E-state index in [-0.39, 0.29) is 17.8 Å².